The number of nitrogens with two attached hydrogens (primary N) is 1. The van der Waals surface area contributed by atoms with Gasteiger partial charge in [-0.05, 0) is 48.4 Å². The van der Waals surface area contributed by atoms with Gasteiger partial charge in [-0.1, -0.05) is 50.7 Å². The van der Waals surface area contributed by atoms with Crippen molar-refractivity contribution in [1.29, 1.82) is 0 Å². The van der Waals surface area contributed by atoms with Crippen LogP contribution in [0.4, 0.5) is 0 Å². The van der Waals surface area contributed by atoms with E-state index >= 15 is 0 Å². The second-order valence-corrected chi connectivity index (χ2v) is 9.17. The average Bonchev–Trinajstić information content (AvgIpc) is 3.13. The van der Waals surface area contributed by atoms with Gasteiger partial charge in [-0.2, -0.15) is 0 Å². The van der Waals surface area contributed by atoms with Crippen LogP contribution in [0, 0.1) is 12.3 Å². The second kappa shape index (κ2) is 8.50. The van der Waals surface area contributed by atoms with Crippen molar-refractivity contribution in [2.75, 3.05) is 13.1 Å². The van der Waals surface area contributed by atoms with Gasteiger partial charge >= 0.3 is 0 Å². The molecule has 0 aliphatic carbocycles. The maximum atomic E-state index is 11.9. The van der Waals surface area contributed by atoms with Crippen LogP contribution in [-0.2, 0) is 21.0 Å². The van der Waals surface area contributed by atoms with Gasteiger partial charge in [0.15, 0.2) is 0 Å². The first-order valence-corrected chi connectivity index (χ1v) is 10.4. The Labute approximate surface area is 178 Å². The number of carbonyl (C=O) groups is 2. The number of piperidine rings is 1. The number of amidine groups is 1. The fourth-order valence-electron chi connectivity index (χ4n) is 4.33. The van der Waals surface area contributed by atoms with E-state index in [1.165, 1.54) is 17.2 Å². The molecule has 1 saturated heterocycles. The Balaban J connectivity index is 1.81. The lowest BCUT2D eigenvalue weighted by atomic mass is 9.85. The van der Waals surface area contributed by atoms with E-state index < -0.39 is 5.91 Å². The lowest BCUT2D eigenvalue weighted by molar-refractivity contribution is -0.127. The van der Waals surface area contributed by atoms with Crippen LogP contribution >= 0.6 is 0 Å². The molecule has 162 valence electrons. The first kappa shape index (κ1) is 21.9. The Kier molecular flexibility index (Phi) is 6.19. The smallest absolute Gasteiger partial charge is 0.287 e. The summed E-state index contributed by atoms with van der Waals surface area (Å²) in [6.45, 7) is 13.8. The Morgan fingerprint density at radius 2 is 1.97 bits per heavy atom. The summed E-state index contributed by atoms with van der Waals surface area (Å²) >= 11 is 0. The highest BCUT2D eigenvalue weighted by atomic mass is 16.7. The van der Waals surface area contributed by atoms with Gasteiger partial charge in [-0.25, -0.2) is 0 Å². The van der Waals surface area contributed by atoms with Gasteiger partial charge in [0.2, 0.25) is 18.0 Å². The first-order valence-electron chi connectivity index (χ1n) is 10.4. The van der Waals surface area contributed by atoms with E-state index in [1.807, 2.05) is 30.6 Å². The molecule has 2 heterocycles. The highest BCUT2D eigenvalue weighted by molar-refractivity contribution is 6.37. The molecule has 1 aromatic rings. The SMILES string of the molecule is C=CC(=O)N1CCC(c2cccc(CN3C(C(N)=O)=NOC3C(C)(C)C)c2C)CC1. The Morgan fingerprint density at radius 3 is 2.53 bits per heavy atom. The normalized spacial score (nSPS) is 20.0. The zero-order valence-corrected chi connectivity index (χ0v) is 18.4. The molecule has 0 bridgehead atoms. The summed E-state index contributed by atoms with van der Waals surface area (Å²) in [5.41, 5.74) is 8.93. The predicted octanol–water partition coefficient (Wildman–Crippen LogP) is 2.89. The van der Waals surface area contributed by atoms with Crippen molar-refractivity contribution in [3.8, 4) is 0 Å². The highest BCUT2D eigenvalue weighted by Crippen LogP contribution is 2.34. The number of hydrogen-bond donors (Lipinski definition) is 1. The van der Waals surface area contributed by atoms with Gasteiger partial charge in [0.05, 0.1) is 0 Å². The van der Waals surface area contributed by atoms with Crippen molar-refractivity contribution in [1.82, 2.24) is 9.80 Å². The minimum absolute atomic E-state index is 0.000513. The maximum absolute atomic E-state index is 11.9. The molecule has 2 amide bonds. The standard InChI is InChI=1S/C23H32N4O3/c1-6-19(28)26-12-10-16(11-13-26)18-9-7-8-17(15(18)2)14-27-21(20(24)29)25-30-22(27)23(3,4)5/h6-9,16,22H,1,10-14H2,2-5H3,(H2,24,29). The van der Waals surface area contributed by atoms with Gasteiger partial charge in [0.25, 0.3) is 5.91 Å². The Hall–Kier alpha value is -2.83. The number of primary amides is 1. The Bertz CT molecular complexity index is 864. The fraction of sp³-hybridized carbons (Fsp3) is 0.522. The molecule has 0 radical (unpaired) electrons. The Morgan fingerprint density at radius 1 is 1.30 bits per heavy atom. The van der Waals surface area contributed by atoms with Crippen molar-refractivity contribution >= 4 is 17.6 Å². The maximum Gasteiger partial charge on any atom is 0.287 e. The number of hydrogen-bond acceptors (Lipinski definition) is 5. The number of oxime groups is 1. The van der Waals surface area contributed by atoms with Crippen LogP contribution in [0.1, 0.15) is 56.2 Å². The minimum atomic E-state index is -0.588. The molecule has 0 saturated carbocycles. The molecule has 2 N–H and O–H groups in total. The first-order chi connectivity index (χ1) is 14.1. The number of nitrogens with zero attached hydrogens (tertiary/aromatic N) is 3. The van der Waals surface area contributed by atoms with Crippen molar-refractivity contribution in [2.45, 2.75) is 59.2 Å². The van der Waals surface area contributed by atoms with Crippen LogP contribution in [0.25, 0.3) is 0 Å². The van der Waals surface area contributed by atoms with Gasteiger partial charge in [-0.3, -0.25) is 9.59 Å². The molecule has 3 rings (SSSR count). The quantitative estimate of drug-likeness (QED) is 0.753. The van der Waals surface area contributed by atoms with Crippen LogP contribution in [-0.4, -0.2) is 46.8 Å². The number of rotatable bonds is 5. The van der Waals surface area contributed by atoms with Crippen molar-refractivity contribution in [2.24, 2.45) is 16.3 Å². The fourth-order valence-corrected chi connectivity index (χ4v) is 4.33. The lowest BCUT2D eigenvalue weighted by Crippen LogP contribution is -2.47. The number of benzene rings is 1. The minimum Gasteiger partial charge on any atom is -0.368 e. The lowest BCUT2D eigenvalue weighted by Gasteiger charge is -2.35. The number of likely N-dealkylation sites (tertiary alicyclic amines) is 1. The van der Waals surface area contributed by atoms with Crippen LogP contribution in [0.3, 0.4) is 0 Å². The summed E-state index contributed by atoms with van der Waals surface area (Å²) in [4.78, 5) is 33.1. The monoisotopic (exact) mass is 412 g/mol. The zero-order chi connectivity index (χ0) is 22.1. The van der Waals surface area contributed by atoms with E-state index in [4.69, 9.17) is 10.6 Å². The van der Waals surface area contributed by atoms with Crippen molar-refractivity contribution in [3.63, 3.8) is 0 Å². The summed E-state index contributed by atoms with van der Waals surface area (Å²) in [5, 5.41) is 3.96. The van der Waals surface area contributed by atoms with E-state index in [1.54, 1.807) is 0 Å². The molecule has 1 aromatic carbocycles. The van der Waals surface area contributed by atoms with Gasteiger partial charge in [-0.15, -0.1) is 0 Å². The van der Waals surface area contributed by atoms with E-state index in [0.29, 0.717) is 12.5 Å². The van der Waals surface area contributed by atoms with Crippen molar-refractivity contribution in [3.05, 3.63) is 47.5 Å². The molecule has 2 aliphatic rings. The number of amides is 2. The molecule has 1 atom stereocenters. The van der Waals surface area contributed by atoms with E-state index in [9.17, 15) is 9.59 Å². The topological polar surface area (TPSA) is 88.2 Å². The third-order valence-corrected chi connectivity index (χ3v) is 6.01. The molecule has 30 heavy (non-hydrogen) atoms. The largest absolute Gasteiger partial charge is 0.368 e. The van der Waals surface area contributed by atoms with Crippen LogP contribution in [0.2, 0.25) is 0 Å². The molecule has 2 aliphatic heterocycles. The van der Waals surface area contributed by atoms with Crippen molar-refractivity contribution < 1.29 is 14.4 Å². The molecule has 7 heteroatoms. The summed E-state index contributed by atoms with van der Waals surface area (Å²) < 4.78 is 0. The van der Waals surface area contributed by atoms with Crippen LogP contribution < -0.4 is 5.73 Å². The van der Waals surface area contributed by atoms with Gasteiger partial charge in [0.1, 0.15) is 0 Å². The number of carbonyl (C=O) groups excluding carboxylic acids is 2. The third kappa shape index (κ3) is 4.35. The van der Waals surface area contributed by atoms with Gasteiger partial charge in [0, 0.05) is 25.0 Å². The molecular weight excluding hydrogens is 380 g/mol. The van der Waals surface area contributed by atoms with Crippen LogP contribution in [0.15, 0.2) is 36.0 Å². The zero-order valence-electron chi connectivity index (χ0n) is 18.4. The second-order valence-electron chi connectivity index (χ2n) is 9.17. The highest BCUT2D eigenvalue weighted by Gasteiger charge is 2.41. The van der Waals surface area contributed by atoms with Crippen LogP contribution in [0.5, 0.6) is 0 Å². The van der Waals surface area contributed by atoms with E-state index in [-0.39, 0.29) is 23.4 Å². The molecule has 7 nitrogen and oxygen atoms in total. The molecule has 0 aromatic heterocycles. The predicted molar refractivity (Wildman–Crippen MR) is 116 cm³/mol. The molecular formula is C23H32N4O3. The molecule has 1 fully saturated rings. The summed E-state index contributed by atoms with van der Waals surface area (Å²) in [6, 6.07) is 6.30. The molecule has 0 spiro atoms. The molecule has 1 unspecified atom stereocenters. The van der Waals surface area contributed by atoms with E-state index in [0.717, 1.165) is 31.5 Å². The summed E-state index contributed by atoms with van der Waals surface area (Å²) in [6.07, 6.45) is 2.87. The summed E-state index contributed by atoms with van der Waals surface area (Å²) in [5.74, 6) is -0.0263. The summed E-state index contributed by atoms with van der Waals surface area (Å²) in [7, 11) is 0. The van der Waals surface area contributed by atoms with Gasteiger partial charge < -0.3 is 20.4 Å². The average molecular weight is 413 g/mol. The third-order valence-electron chi connectivity index (χ3n) is 6.01. The van der Waals surface area contributed by atoms with E-state index in [2.05, 4.69) is 36.9 Å².